The maximum Gasteiger partial charge on any atom is 0.471 e. The summed E-state index contributed by atoms with van der Waals surface area (Å²) in [6.07, 6.45) is -3.98. The van der Waals surface area contributed by atoms with Crippen LogP contribution in [0.5, 0.6) is 0 Å². The quantitative estimate of drug-likeness (QED) is 0.327. The third-order valence-electron chi connectivity index (χ3n) is 8.01. The summed E-state index contributed by atoms with van der Waals surface area (Å²) in [4.78, 5) is 45.3. The van der Waals surface area contributed by atoms with Crippen molar-refractivity contribution in [1.82, 2.24) is 19.4 Å². The van der Waals surface area contributed by atoms with Crippen molar-refractivity contribution in [2.75, 3.05) is 18.4 Å². The number of likely N-dealkylation sites (tertiary alicyclic amines) is 1. The molecule has 1 N–H and O–H groups in total. The van der Waals surface area contributed by atoms with Crippen molar-refractivity contribution in [2.24, 2.45) is 5.41 Å². The van der Waals surface area contributed by atoms with E-state index in [1.807, 2.05) is 10.6 Å². The van der Waals surface area contributed by atoms with Crippen LogP contribution in [0.4, 0.5) is 19.1 Å². The van der Waals surface area contributed by atoms with Gasteiger partial charge in [0.05, 0.1) is 23.1 Å². The molecule has 0 aliphatic carbocycles. The summed E-state index contributed by atoms with van der Waals surface area (Å²) in [6.45, 7) is 7.37. The van der Waals surface area contributed by atoms with Crippen LogP contribution in [-0.4, -0.2) is 62.4 Å². The monoisotopic (exact) mass is 630 g/mol. The first-order valence-corrected chi connectivity index (χ1v) is 14.6. The summed E-state index contributed by atoms with van der Waals surface area (Å²) in [5.74, 6) is -2.47. The Labute approximate surface area is 258 Å². The lowest BCUT2D eigenvalue weighted by molar-refractivity contribution is -0.190. The Morgan fingerprint density at radius 3 is 2.45 bits per heavy atom. The van der Waals surface area contributed by atoms with E-state index >= 15 is 0 Å². The predicted molar refractivity (Wildman–Crippen MR) is 160 cm³/mol. The molecule has 3 amide bonds. The molecule has 9 nitrogen and oxygen atoms in total. The van der Waals surface area contributed by atoms with Gasteiger partial charge in [-0.25, -0.2) is 4.98 Å². The van der Waals surface area contributed by atoms with Crippen molar-refractivity contribution >= 4 is 46.3 Å². The number of amides is 3. The number of anilines is 1. The first kappa shape index (κ1) is 32.8. The third kappa shape index (κ3) is 7.33. The fraction of sp³-hybridized carbons (Fsp3) is 0.452. The maximum absolute atomic E-state index is 13.6. The van der Waals surface area contributed by atoms with E-state index in [-0.39, 0.29) is 37.4 Å². The van der Waals surface area contributed by atoms with Crippen LogP contribution < -0.4 is 5.32 Å². The second-order valence-electron chi connectivity index (χ2n) is 12.0. The fourth-order valence-electron chi connectivity index (χ4n) is 5.26. The van der Waals surface area contributed by atoms with Gasteiger partial charge in [-0.2, -0.15) is 18.4 Å². The molecule has 0 spiro atoms. The minimum Gasteiger partial charge on any atom is -0.340 e. The third-order valence-corrected chi connectivity index (χ3v) is 8.26. The number of rotatable bonds is 7. The lowest BCUT2D eigenvalue weighted by atomic mass is 9.86. The molecule has 44 heavy (non-hydrogen) atoms. The summed E-state index contributed by atoms with van der Waals surface area (Å²) in [6, 6.07) is 12.1. The van der Waals surface area contributed by atoms with Crippen LogP contribution in [0.25, 0.3) is 11.0 Å². The Bertz CT molecular complexity index is 1590. The van der Waals surface area contributed by atoms with Crippen LogP contribution in [0.1, 0.15) is 68.9 Å². The molecule has 0 radical (unpaired) electrons. The van der Waals surface area contributed by atoms with Crippen molar-refractivity contribution in [3.63, 3.8) is 0 Å². The van der Waals surface area contributed by atoms with Gasteiger partial charge in [0.25, 0.3) is 5.91 Å². The molecule has 1 fully saturated rings. The van der Waals surface area contributed by atoms with E-state index in [9.17, 15) is 27.6 Å². The second-order valence-corrected chi connectivity index (χ2v) is 12.5. The molecule has 2 atom stereocenters. The van der Waals surface area contributed by atoms with Crippen molar-refractivity contribution in [3.05, 3.63) is 58.6 Å². The van der Waals surface area contributed by atoms with E-state index in [0.717, 1.165) is 4.90 Å². The Hall–Kier alpha value is -4.11. The van der Waals surface area contributed by atoms with Crippen molar-refractivity contribution in [2.45, 2.75) is 71.8 Å². The average Bonchev–Trinajstić information content (AvgIpc) is 3.31. The number of halogens is 4. The number of hydrogen-bond acceptors (Lipinski definition) is 5. The van der Waals surface area contributed by atoms with E-state index in [2.05, 4.69) is 10.3 Å². The lowest BCUT2D eigenvalue weighted by Crippen LogP contribution is -2.50. The van der Waals surface area contributed by atoms with Crippen LogP contribution in [0.3, 0.4) is 0 Å². The van der Waals surface area contributed by atoms with Crippen LogP contribution in [-0.2, 0) is 16.1 Å². The highest BCUT2D eigenvalue weighted by atomic mass is 35.5. The molecule has 4 rings (SSSR count). The normalized spacial score (nSPS) is 16.3. The van der Waals surface area contributed by atoms with Crippen molar-refractivity contribution in [1.29, 1.82) is 5.26 Å². The summed E-state index contributed by atoms with van der Waals surface area (Å²) in [5, 5.41) is 12.3. The number of nitrogens with one attached hydrogen (secondary N) is 1. The zero-order valence-electron chi connectivity index (χ0n) is 24.9. The lowest BCUT2D eigenvalue weighted by Gasteiger charge is -2.38. The number of carbonyl (C=O) groups is 3. The van der Waals surface area contributed by atoms with E-state index < -0.39 is 29.4 Å². The van der Waals surface area contributed by atoms with E-state index in [0.29, 0.717) is 46.6 Å². The molecule has 2 aromatic carbocycles. The first-order valence-electron chi connectivity index (χ1n) is 14.2. The average molecular weight is 631 g/mol. The van der Waals surface area contributed by atoms with Gasteiger partial charge in [-0.15, -0.1) is 0 Å². The first-order chi connectivity index (χ1) is 20.6. The number of aromatic nitrogens is 2. The van der Waals surface area contributed by atoms with Crippen LogP contribution in [0.2, 0.25) is 5.02 Å². The number of nitriles is 1. The Balaban J connectivity index is 1.75. The number of imidazole rings is 1. The molecule has 2 heterocycles. The molecule has 13 heteroatoms. The van der Waals surface area contributed by atoms with Gasteiger partial charge in [-0.05, 0) is 67.1 Å². The van der Waals surface area contributed by atoms with Gasteiger partial charge in [0.2, 0.25) is 11.9 Å². The second kappa shape index (κ2) is 12.9. The Kier molecular flexibility index (Phi) is 9.59. The van der Waals surface area contributed by atoms with Crippen LogP contribution in [0.15, 0.2) is 42.5 Å². The van der Waals surface area contributed by atoms with Gasteiger partial charge in [-0.1, -0.05) is 38.4 Å². The van der Waals surface area contributed by atoms with Crippen LogP contribution in [0, 0.1) is 16.7 Å². The van der Waals surface area contributed by atoms with E-state index in [4.69, 9.17) is 16.9 Å². The molecule has 1 unspecified atom stereocenters. The molecular formula is C31H34ClF3N6O3. The Morgan fingerprint density at radius 1 is 1.16 bits per heavy atom. The minimum absolute atomic E-state index is 0.197. The van der Waals surface area contributed by atoms with Crippen molar-refractivity contribution < 1.29 is 27.6 Å². The smallest absolute Gasteiger partial charge is 0.340 e. The largest absolute Gasteiger partial charge is 0.471 e. The molecule has 1 aromatic heterocycles. The highest BCUT2D eigenvalue weighted by molar-refractivity contribution is 6.30. The van der Waals surface area contributed by atoms with Gasteiger partial charge in [-0.3, -0.25) is 19.7 Å². The fourth-order valence-corrected chi connectivity index (χ4v) is 5.38. The molecular weight excluding hydrogens is 597 g/mol. The van der Waals surface area contributed by atoms with E-state index in [1.54, 1.807) is 75.1 Å². The number of carbonyl (C=O) groups excluding carboxylic acids is 3. The topological polar surface area (TPSA) is 111 Å². The summed E-state index contributed by atoms with van der Waals surface area (Å²) >= 11 is 5.97. The number of nitrogens with zero attached hydrogens (tertiary/aromatic N) is 5. The molecule has 1 saturated heterocycles. The standard InChI is InChI=1S/C31H34ClF3N6O3/c1-19(30(2,3)4)40(28(44)31(33,34)35)17-20-7-12-25-24(16-20)37-29(38-27(43)21-8-10-22(32)11-9-21)41(25)23-6-5-15-39(18-23)26(42)13-14-36/h7-12,16,19,23H,5-6,13,15,17-18H2,1-4H3,(H,37,38,43)/t19-,23?/m0/s1. The zero-order chi connectivity index (χ0) is 32.4. The molecule has 0 saturated carbocycles. The zero-order valence-corrected chi connectivity index (χ0v) is 25.7. The molecule has 1 aliphatic heterocycles. The molecule has 1 aliphatic rings. The molecule has 0 bridgehead atoms. The van der Waals surface area contributed by atoms with Gasteiger partial charge < -0.3 is 14.4 Å². The van der Waals surface area contributed by atoms with Crippen LogP contribution >= 0.6 is 11.6 Å². The maximum atomic E-state index is 13.6. The number of piperidine rings is 1. The number of alkyl halides is 3. The molecule has 234 valence electrons. The minimum atomic E-state index is -5.04. The van der Waals surface area contributed by atoms with Crippen molar-refractivity contribution in [3.8, 4) is 6.07 Å². The highest BCUT2D eigenvalue weighted by Gasteiger charge is 2.45. The number of benzene rings is 2. The summed E-state index contributed by atoms with van der Waals surface area (Å²) in [7, 11) is 0. The van der Waals surface area contributed by atoms with Gasteiger partial charge >= 0.3 is 12.1 Å². The Morgan fingerprint density at radius 2 is 1.84 bits per heavy atom. The SMILES string of the molecule is C[C@H](N(Cc1ccc2c(c1)nc(NC(=O)c1ccc(Cl)cc1)n2C1CCCN(C(=O)CC#N)C1)C(=O)C(F)(F)F)C(C)(C)C. The molecule has 3 aromatic rings. The highest BCUT2D eigenvalue weighted by Crippen LogP contribution is 2.33. The predicted octanol–water partition coefficient (Wildman–Crippen LogP) is 6.34. The summed E-state index contributed by atoms with van der Waals surface area (Å²) < 4.78 is 42.6. The van der Waals surface area contributed by atoms with E-state index in [1.165, 1.54) is 0 Å². The number of hydrogen-bond donors (Lipinski definition) is 1. The van der Waals surface area contributed by atoms with Gasteiger partial charge in [0.15, 0.2) is 0 Å². The summed E-state index contributed by atoms with van der Waals surface area (Å²) in [5.41, 5.74) is 1.14. The van der Waals surface area contributed by atoms with Gasteiger partial charge in [0, 0.05) is 36.3 Å². The van der Waals surface area contributed by atoms with Gasteiger partial charge in [0.1, 0.15) is 6.42 Å². The number of fused-ring (bicyclic) bond motifs is 1.